The van der Waals surface area contributed by atoms with Gasteiger partial charge < -0.3 is 10.2 Å². The maximum absolute atomic E-state index is 11.5. The van der Waals surface area contributed by atoms with Crippen LogP contribution in [0.3, 0.4) is 0 Å². The summed E-state index contributed by atoms with van der Waals surface area (Å²) < 4.78 is 0. The van der Waals surface area contributed by atoms with E-state index in [-0.39, 0.29) is 23.8 Å². The zero-order valence-corrected chi connectivity index (χ0v) is 8.33. The second-order valence-corrected chi connectivity index (χ2v) is 3.70. The molecule has 0 aliphatic carbocycles. The van der Waals surface area contributed by atoms with Crippen molar-refractivity contribution in [1.82, 2.24) is 10.2 Å². The number of nitrogens with zero attached hydrogens (tertiary/aromatic N) is 1. The van der Waals surface area contributed by atoms with Gasteiger partial charge in [-0.2, -0.15) is 0 Å². The number of carbonyl (C=O) groups is 2. The van der Waals surface area contributed by atoms with Crippen LogP contribution in [0.5, 0.6) is 0 Å². The molecular weight excluding hydrogens is 168 g/mol. The summed E-state index contributed by atoms with van der Waals surface area (Å²) in [6.07, 6.45) is 0.730. The van der Waals surface area contributed by atoms with Gasteiger partial charge in [0, 0.05) is 19.5 Å². The summed E-state index contributed by atoms with van der Waals surface area (Å²) in [5.41, 5.74) is 0. The summed E-state index contributed by atoms with van der Waals surface area (Å²) in [5.74, 6) is -0.0445. The maximum Gasteiger partial charge on any atom is 0.242 e. The highest BCUT2D eigenvalue weighted by atomic mass is 16.2. The highest BCUT2D eigenvalue weighted by Gasteiger charge is 2.31. The van der Waals surface area contributed by atoms with Gasteiger partial charge in [0.1, 0.15) is 6.04 Å². The lowest BCUT2D eigenvalue weighted by atomic mass is 10.1. The Kier molecular flexibility index (Phi) is 2.90. The number of hydrogen-bond donors (Lipinski definition) is 1. The number of hydrogen-bond acceptors (Lipinski definition) is 2. The first-order valence-electron chi connectivity index (χ1n) is 4.58. The van der Waals surface area contributed by atoms with Crippen LogP contribution in [-0.4, -0.2) is 36.3 Å². The lowest BCUT2D eigenvalue weighted by molar-refractivity contribution is -0.139. The first kappa shape index (κ1) is 10.0. The first-order chi connectivity index (χ1) is 6.04. The summed E-state index contributed by atoms with van der Waals surface area (Å²) in [4.78, 5) is 24.3. The summed E-state index contributed by atoms with van der Waals surface area (Å²) in [6.45, 7) is 4.36. The van der Waals surface area contributed by atoms with Crippen LogP contribution < -0.4 is 5.32 Å². The van der Waals surface area contributed by atoms with E-state index in [1.807, 2.05) is 13.8 Å². The maximum atomic E-state index is 11.5. The van der Waals surface area contributed by atoms with Gasteiger partial charge in [-0.25, -0.2) is 0 Å². The summed E-state index contributed by atoms with van der Waals surface area (Å²) in [6, 6.07) is -0.255. The summed E-state index contributed by atoms with van der Waals surface area (Å²) >= 11 is 0. The minimum Gasteiger partial charge on any atom is -0.354 e. The lowest BCUT2D eigenvalue weighted by Gasteiger charge is -2.23. The van der Waals surface area contributed by atoms with E-state index in [0.717, 1.165) is 6.42 Å². The third-order valence-electron chi connectivity index (χ3n) is 2.33. The summed E-state index contributed by atoms with van der Waals surface area (Å²) in [5, 5.41) is 2.71. The highest BCUT2D eigenvalue weighted by molar-refractivity contribution is 5.89. The molecule has 4 heteroatoms. The molecule has 2 amide bonds. The normalized spacial score (nSPS) is 21.8. The van der Waals surface area contributed by atoms with Crippen molar-refractivity contribution in [2.75, 3.05) is 13.6 Å². The van der Waals surface area contributed by atoms with Crippen LogP contribution in [0.25, 0.3) is 0 Å². The van der Waals surface area contributed by atoms with Gasteiger partial charge in [0.25, 0.3) is 0 Å². The molecule has 1 aliphatic heterocycles. The van der Waals surface area contributed by atoms with Crippen LogP contribution in [0.15, 0.2) is 0 Å². The summed E-state index contributed by atoms with van der Waals surface area (Å²) in [7, 11) is 1.69. The van der Waals surface area contributed by atoms with E-state index in [1.54, 1.807) is 11.9 Å². The monoisotopic (exact) mass is 184 g/mol. The number of nitrogens with one attached hydrogen (secondary N) is 1. The molecule has 1 heterocycles. The predicted molar refractivity (Wildman–Crippen MR) is 49.0 cm³/mol. The van der Waals surface area contributed by atoms with Crippen LogP contribution in [0.4, 0.5) is 0 Å². The van der Waals surface area contributed by atoms with E-state index in [9.17, 15) is 9.59 Å². The Labute approximate surface area is 78.3 Å². The van der Waals surface area contributed by atoms with Crippen molar-refractivity contribution in [3.63, 3.8) is 0 Å². The van der Waals surface area contributed by atoms with Gasteiger partial charge in [-0.1, -0.05) is 13.8 Å². The van der Waals surface area contributed by atoms with E-state index in [1.165, 1.54) is 0 Å². The number of carbonyl (C=O) groups excluding carboxylic acids is 2. The second-order valence-electron chi connectivity index (χ2n) is 3.70. The molecule has 0 unspecified atom stereocenters. The standard InChI is InChI=1S/C9H16N2O2/c1-6(2)9(13)11(3)7-4-5-10-8(7)12/h6-7H,4-5H2,1-3H3,(H,10,12)/t7-/m1/s1. The first-order valence-corrected chi connectivity index (χ1v) is 4.58. The molecule has 1 atom stereocenters. The molecule has 1 N–H and O–H groups in total. The number of likely N-dealkylation sites (N-methyl/N-ethyl adjacent to an activating group) is 1. The van der Waals surface area contributed by atoms with Crippen LogP contribution in [0.2, 0.25) is 0 Å². The average molecular weight is 184 g/mol. The van der Waals surface area contributed by atoms with Crippen molar-refractivity contribution in [3.05, 3.63) is 0 Å². The SMILES string of the molecule is CC(C)C(=O)N(C)[C@@H]1CCNC1=O. The lowest BCUT2D eigenvalue weighted by Crippen LogP contribution is -2.43. The van der Waals surface area contributed by atoms with E-state index < -0.39 is 0 Å². The highest BCUT2D eigenvalue weighted by Crippen LogP contribution is 2.10. The molecule has 1 aliphatic rings. The molecule has 74 valence electrons. The van der Waals surface area contributed by atoms with Gasteiger partial charge in [0.05, 0.1) is 0 Å². The van der Waals surface area contributed by atoms with Gasteiger partial charge in [0.2, 0.25) is 11.8 Å². The van der Waals surface area contributed by atoms with E-state index >= 15 is 0 Å². The fourth-order valence-corrected chi connectivity index (χ4v) is 1.51. The molecule has 0 aromatic heterocycles. The Morgan fingerprint density at radius 2 is 2.23 bits per heavy atom. The van der Waals surface area contributed by atoms with Crippen molar-refractivity contribution in [2.45, 2.75) is 26.3 Å². The van der Waals surface area contributed by atoms with E-state index in [0.29, 0.717) is 6.54 Å². The third kappa shape index (κ3) is 1.99. The zero-order valence-electron chi connectivity index (χ0n) is 8.33. The van der Waals surface area contributed by atoms with Crippen LogP contribution in [-0.2, 0) is 9.59 Å². The molecule has 0 aromatic rings. The molecule has 0 bridgehead atoms. The Morgan fingerprint density at radius 1 is 1.62 bits per heavy atom. The molecular formula is C9H16N2O2. The Morgan fingerprint density at radius 3 is 2.62 bits per heavy atom. The minimum absolute atomic E-state index is 0.0297. The largest absolute Gasteiger partial charge is 0.354 e. The quantitative estimate of drug-likeness (QED) is 0.656. The minimum atomic E-state index is -0.255. The molecule has 13 heavy (non-hydrogen) atoms. The number of rotatable bonds is 2. The molecule has 0 aromatic carbocycles. The predicted octanol–water partition coefficient (Wildman–Crippen LogP) is -0.0107. The van der Waals surface area contributed by atoms with Crippen LogP contribution >= 0.6 is 0 Å². The Hall–Kier alpha value is -1.06. The van der Waals surface area contributed by atoms with Gasteiger partial charge in [-0.05, 0) is 6.42 Å². The second kappa shape index (κ2) is 3.77. The molecule has 0 saturated carbocycles. The van der Waals surface area contributed by atoms with Crippen molar-refractivity contribution in [3.8, 4) is 0 Å². The van der Waals surface area contributed by atoms with Crippen molar-refractivity contribution < 1.29 is 9.59 Å². The van der Waals surface area contributed by atoms with E-state index in [2.05, 4.69) is 5.32 Å². The Balaban J connectivity index is 2.61. The van der Waals surface area contributed by atoms with E-state index in [4.69, 9.17) is 0 Å². The fraction of sp³-hybridized carbons (Fsp3) is 0.778. The topological polar surface area (TPSA) is 49.4 Å². The van der Waals surface area contributed by atoms with Crippen LogP contribution in [0.1, 0.15) is 20.3 Å². The third-order valence-corrected chi connectivity index (χ3v) is 2.33. The molecule has 1 fully saturated rings. The van der Waals surface area contributed by atoms with Crippen molar-refractivity contribution in [2.24, 2.45) is 5.92 Å². The van der Waals surface area contributed by atoms with Gasteiger partial charge in [0.15, 0.2) is 0 Å². The average Bonchev–Trinajstić information content (AvgIpc) is 2.48. The molecule has 1 rings (SSSR count). The Bertz CT molecular complexity index is 226. The molecule has 1 saturated heterocycles. The fourth-order valence-electron chi connectivity index (χ4n) is 1.51. The van der Waals surface area contributed by atoms with Gasteiger partial charge in [-0.3, -0.25) is 9.59 Å². The smallest absolute Gasteiger partial charge is 0.242 e. The van der Waals surface area contributed by atoms with Crippen LogP contribution in [0, 0.1) is 5.92 Å². The zero-order chi connectivity index (χ0) is 10.0. The van der Waals surface area contributed by atoms with Gasteiger partial charge in [-0.15, -0.1) is 0 Å². The molecule has 0 radical (unpaired) electrons. The van der Waals surface area contributed by atoms with Crippen molar-refractivity contribution in [1.29, 1.82) is 0 Å². The van der Waals surface area contributed by atoms with Gasteiger partial charge >= 0.3 is 0 Å². The number of amides is 2. The molecule has 4 nitrogen and oxygen atoms in total. The van der Waals surface area contributed by atoms with Crippen molar-refractivity contribution >= 4 is 11.8 Å². The molecule has 0 spiro atoms.